The van der Waals surface area contributed by atoms with E-state index in [1.54, 1.807) is 6.92 Å². The van der Waals surface area contributed by atoms with Gasteiger partial charge in [0.1, 0.15) is 4.90 Å². The first-order valence-corrected chi connectivity index (χ1v) is 7.35. The molecule has 1 rings (SSSR count). The summed E-state index contributed by atoms with van der Waals surface area (Å²) in [6, 6.07) is 1.76. The molecule has 0 atom stereocenters. The number of hydrogen-bond donors (Lipinski definition) is 1. The molecule has 0 aromatic heterocycles. The molecule has 0 aliphatic rings. The van der Waals surface area contributed by atoms with Crippen molar-refractivity contribution in [2.24, 2.45) is 0 Å². The van der Waals surface area contributed by atoms with Crippen LogP contribution < -0.4 is 0 Å². The number of halogens is 2. The van der Waals surface area contributed by atoms with Crippen molar-refractivity contribution in [1.82, 2.24) is 0 Å². The van der Waals surface area contributed by atoms with Gasteiger partial charge >= 0.3 is 5.97 Å². The van der Waals surface area contributed by atoms with Crippen molar-refractivity contribution in [2.45, 2.75) is 11.8 Å². The van der Waals surface area contributed by atoms with E-state index in [1.807, 2.05) is 0 Å². The minimum Gasteiger partial charge on any atom is -0.478 e. The molecule has 1 aromatic rings. The van der Waals surface area contributed by atoms with Crippen molar-refractivity contribution in [1.29, 1.82) is 0 Å². The van der Waals surface area contributed by atoms with Crippen LogP contribution in [0.25, 0.3) is 0 Å². The van der Waals surface area contributed by atoms with E-state index in [4.69, 9.17) is 21.4 Å². The molecule has 1 N–H and O–H groups in total. The lowest BCUT2D eigenvalue weighted by atomic mass is 10.2. The van der Waals surface area contributed by atoms with Gasteiger partial charge in [0, 0.05) is 11.6 Å². The summed E-state index contributed by atoms with van der Waals surface area (Å²) >= 11 is 5.61. The number of carboxylic acid groups (broad SMARTS) is 1. The van der Waals surface area contributed by atoms with Crippen molar-refractivity contribution in [3.8, 4) is 0 Å². The molecule has 1 aromatic carbocycles. The summed E-state index contributed by atoms with van der Waals surface area (Å²) in [6.07, 6.45) is 0. The van der Waals surface area contributed by atoms with Crippen molar-refractivity contribution in [3.63, 3.8) is 0 Å². The Bertz CT molecular complexity index is 585. The second-order valence-corrected chi connectivity index (χ2v) is 6.10. The topological polar surface area (TPSA) is 80.7 Å². The quantitative estimate of drug-likeness (QED) is 0.813. The Labute approximate surface area is 114 Å². The largest absolute Gasteiger partial charge is 0.478 e. The highest BCUT2D eigenvalue weighted by atomic mass is 35.5. The molecule has 8 heteroatoms. The predicted octanol–water partition coefficient (Wildman–Crippen LogP) is 1.99. The number of carboxylic acids is 1. The molecular weight excluding hydrogens is 299 g/mol. The predicted molar refractivity (Wildman–Crippen MR) is 66.9 cm³/mol. The zero-order valence-electron chi connectivity index (χ0n) is 10.0. The van der Waals surface area contributed by atoms with Gasteiger partial charge < -0.3 is 9.84 Å². The van der Waals surface area contributed by atoms with Crippen LogP contribution in [0.4, 0.5) is 4.39 Å². The lowest BCUT2D eigenvalue weighted by molar-refractivity contribution is 0.0691. The van der Waals surface area contributed by atoms with Gasteiger partial charge in [0.15, 0.2) is 15.7 Å². The van der Waals surface area contributed by atoms with Crippen LogP contribution in [0, 0.1) is 5.82 Å². The van der Waals surface area contributed by atoms with Gasteiger partial charge in [0.05, 0.1) is 17.9 Å². The maximum Gasteiger partial charge on any atom is 0.338 e. The number of benzene rings is 1. The number of rotatable bonds is 6. The normalized spacial score (nSPS) is 11.5. The number of ether oxygens (including phenoxy) is 1. The van der Waals surface area contributed by atoms with E-state index in [1.165, 1.54) is 0 Å². The van der Waals surface area contributed by atoms with Crippen LogP contribution in [0.3, 0.4) is 0 Å². The molecule has 106 valence electrons. The Morgan fingerprint density at radius 1 is 1.47 bits per heavy atom. The van der Waals surface area contributed by atoms with Crippen molar-refractivity contribution in [2.75, 3.05) is 19.0 Å². The highest BCUT2D eigenvalue weighted by molar-refractivity contribution is 7.91. The number of carbonyl (C=O) groups is 1. The molecule has 0 amide bonds. The number of aromatic carboxylic acids is 1. The zero-order chi connectivity index (χ0) is 14.6. The molecule has 0 bridgehead atoms. The van der Waals surface area contributed by atoms with Gasteiger partial charge in [-0.05, 0) is 19.1 Å². The minimum atomic E-state index is -3.99. The molecule has 0 aliphatic carbocycles. The molecule has 0 saturated heterocycles. The average molecular weight is 311 g/mol. The van der Waals surface area contributed by atoms with Crippen molar-refractivity contribution in [3.05, 3.63) is 28.5 Å². The first-order valence-electron chi connectivity index (χ1n) is 5.32. The Hall–Kier alpha value is -1.18. The van der Waals surface area contributed by atoms with E-state index in [2.05, 4.69) is 0 Å². The Morgan fingerprint density at radius 2 is 2.11 bits per heavy atom. The van der Waals surface area contributed by atoms with E-state index >= 15 is 0 Å². The SMILES string of the molecule is CCOCCS(=O)(=O)c1cc(Cl)cc(C(=O)O)c1F. The maximum atomic E-state index is 13.8. The average Bonchev–Trinajstić information content (AvgIpc) is 2.31. The molecule has 0 radical (unpaired) electrons. The minimum absolute atomic E-state index is 0.104. The van der Waals surface area contributed by atoms with Gasteiger partial charge in [-0.15, -0.1) is 0 Å². The van der Waals surface area contributed by atoms with Crippen LogP contribution in [-0.4, -0.2) is 38.5 Å². The van der Waals surface area contributed by atoms with Gasteiger partial charge in [-0.25, -0.2) is 17.6 Å². The summed E-state index contributed by atoms with van der Waals surface area (Å²) < 4.78 is 42.5. The summed E-state index contributed by atoms with van der Waals surface area (Å²) in [4.78, 5) is 10.1. The van der Waals surface area contributed by atoms with Gasteiger partial charge in [-0.2, -0.15) is 0 Å². The van der Waals surface area contributed by atoms with Gasteiger partial charge in [-0.3, -0.25) is 0 Å². The fraction of sp³-hybridized carbons (Fsp3) is 0.364. The molecule has 5 nitrogen and oxygen atoms in total. The molecule has 0 aliphatic heterocycles. The van der Waals surface area contributed by atoms with Crippen LogP contribution in [-0.2, 0) is 14.6 Å². The highest BCUT2D eigenvalue weighted by Crippen LogP contribution is 2.24. The van der Waals surface area contributed by atoms with Gasteiger partial charge in [0.25, 0.3) is 0 Å². The second-order valence-electron chi connectivity index (χ2n) is 3.59. The zero-order valence-corrected chi connectivity index (χ0v) is 11.6. The Morgan fingerprint density at radius 3 is 2.63 bits per heavy atom. The number of sulfone groups is 1. The summed E-state index contributed by atoms with van der Waals surface area (Å²) in [5.41, 5.74) is -0.775. The molecule has 0 heterocycles. The molecule has 0 saturated carbocycles. The number of hydrogen-bond acceptors (Lipinski definition) is 4. The lowest BCUT2D eigenvalue weighted by Gasteiger charge is -2.08. The first kappa shape index (κ1) is 15.9. The van der Waals surface area contributed by atoms with Crippen LogP contribution in [0.15, 0.2) is 17.0 Å². The van der Waals surface area contributed by atoms with Crippen molar-refractivity contribution >= 4 is 27.4 Å². The third-order valence-corrected chi connectivity index (χ3v) is 4.16. The molecule has 19 heavy (non-hydrogen) atoms. The summed E-state index contributed by atoms with van der Waals surface area (Å²) in [6.45, 7) is 1.91. The van der Waals surface area contributed by atoms with Crippen LogP contribution in [0.5, 0.6) is 0 Å². The first-order chi connectivity index (χ1) is 8.79. The molecule has 0 unspecified atom stereocenters. The fourth-order valence-electron chi connectivity index (χ4n) is 1.37. The van der Waals surface area contributed by atoms with E-state index < -0.39 is 37.8 Å². The van der Waals surface area contributed by atoms with Crippen LogP contribution >= 0.6 is 11.6 Å². The van der Waals surface area contributed by atoms with E-state index in [0.717, 1.165) is 12.1 Å². The second kappa shape index (κ2) is 6.31. The molecule has 0 fully saturated rings. The monoisotopic (exact) mass is 310 g/mol. The standard InChI is InChI=1S/C11H12ClFO5S/c1-2-18-3-4-19(16,17)9-6-7(12)5-8(10(9)13)11(14)15/h5-6H,2-4H2,1H3,(H,14,15). The fourth-order valence-corrected chi connectivity index (χ4v) is 2.90. The van der Waals surface area contributed by atoms with Crippen molar-refractivity contribution < 1.29 is 27.4 Å². The van der Waals surface area contributed by atoms with Gasteiger partial charge in [0.2, 0.25) is 0 Å². The highest BCUT2D eigenvalue weighted by Gasteiger charge is 2.24. The van der Waals surface area contributed by atoms with E-state index in [9.17, 15) is 17.6 Å². The van der Waals surface area contributed by atoms with E-state index in [-0.39, 0.29) is 11.6 Å². The van der Waals surface area contributed by atoms with Crippen LogP contribution in [0.2, 0.25) is 5.02 Å². The molecular formula is C11H12ClFO5S. The summed E-state index contributed by atoms with van der Waals surface area (Å²) in [5.74, 6) is -3.34. The Balaban J connectivity index is 3.23. The lowest BCUT2D eigenvalue weighted by Crippen LogP contribution is -2.16. The van der Waals surface area contributed by atoms with Gasteiger partial charge in [-0.1, -0.05) is 11.6 Å². The third kappa shape index (κ3) is 3.89. The molecule has 0 spiro atoms. The third-order valence-electron chi connectivity index (χ3n) is 2.27. The summed E-state index contributed by atoms with van der Waals surface area (Å²) in [7, 11) is -3.99. The Kier molecular flexibility index (Phi) is 5.28. The summed E-state index contributed by atoms with van der Waals surface area (Å²) in [5, 5.41) is 8.62. The van der Waals surface area contributed by atoms with E-state index in [0.29, 0.717) is 6.61 Å². The van der Waals surface area contributed by atoms with Crippen LogP contribution in [0.1, 0.15) is 17.3 Å². The maximum absolute atomic E-state index is 13.8. The smallest absolute Gasteiger partial charge is 0.338 e.